The van der Waals surface area contributed by atoms with Crippen LogP contribution in [0.25, 0.3) is 0 Å². The largest absolute Gasteiger partial charge is 0.493 e. The lowest BCUT2D eigenvalue weighted by Crippen LogP contribution is -2.12. The van der Waals surface area contributed by atoms with Gasteiger partial charge in [0.1, 0.15) is 6.61 Å². The van der Waals surface area contributed by atoms with Crippen LogP contribution < -0.4 is 14.8 Å². The van der Waals surface area contributed by atoms with Crippen LogP contribution in [0, 0.1) is 3.57 Å². The van der Waals surface area contributed by atoms with Gasteiger partial charge in [-0.15, -0.1) is 0 Å². The molecule has 0 aliphatic heterocycles. The van der Waals surface area contributed by atoms with E-state index in [9.17, 15) is 4.79 Å². The minimum absolute atomic E-state index is 0.176. The number of pyridine rings is 1. The molecule has 6 heteroatoms. The van der Waals surface area contributed by atoms with Gasteiger partial charge in [-0.2, -0.15) is 0 Å². The van der Waals surface area contributed by atoms with Crippen molar-refractivity contribution in [3.05, 3.63) is 81.7 Å². The number of carbonyl (C=O) groups excluding carboxylic acids is 1. The number of hydrogen-bond acceptors (Lipinski definition) is 4. The normalized spacial score (nSPS) is 10.2. The van der Waals surface area contributed by atoms with E-state index in [1.165, 1.54) is 0 Å². The molecule has 0 saturated carbocycles. The molecule has 1 amide bonds. The zero-order valence-electron chi connectivity index (χ0n) is 14.1. The van der Waals surface area contributed by atoms with E-state index in [-0.39, 0.29) is 5.91 Å². The van der Waals surface area contributed by atoms with Gasteiger partial charge in [-0.3, -0.25) is 9.78 Å². The number of rotatable bonds is 6. The lowest BCUT2D eigenvalue weighted by molar-refractivity contribution is 0.102. The van der Waals surface area contributed by atoms with Gasteiger partial charge in [0.05, 0.1) is 7.11 Å². The average Bonchev–Trinajstić information content (AvgIpc) is 2.68. The molecule has 1 aromatic heterocycles. The van der Waals surface area contributed by atoms with Crippen molar-refractivity contribution in [1.82, 2.24) is 4.98 Å². The van der Waals surface area contributed by atoms with Crippen molar-refractivity contribution < 1.29 is 14.3 Å². The summed E-state index contributed by atoms with van der Waals surface area (Å²) in [6.45, 7) is 0.360. The standard InChI is InChI=1S/C20H17IN2O3/c1-25-18-9-8-17(23-20(24)15-4-6-16(21)7-5-15)11-19(18)26-13-14-3-2-10-22-12-14/h2-12H,13H2,1H3,(H,23,24). The third kappa shape index (κ3) is 4.72. The van der Waals surface area contributed by atoms with Crippen LogP contribution in [0.1, 0.15) is 15.9 Å². The summed E-state index contributed by atoms with van der Waals surface area (Å²) in [7, 11) is 1.58. The minimum atomic E-state index is -0.176. The summed E-state index contributed by atoms with van der Waals surface area (Å²) in [5.74, 6) is 0.975. The maximum Gasteiger partial charge on any atom is 0.255 e. The Kier molecular flexibility index (Phi) is 6.06. The minimum Gasteiger partial charge on any atom is -0.493 e. The Morgan fingerprint density at radius 2 is 1.92 bits per heavy atom. The first-order chi connectivity index (χ1) is 12.7. The van der Waals surface area contributed by atoms with E-state index in [1.54, 1.807) is 49.8 Å². The summed E-state index contributed by atoms with van der Waals surface area (Å²) >= 11 is 2.20. The molecule has 3 aromatic rings. The molecule has 3 rings (SSSR count). The van der Waals surface area contributed by atoms with E-state index in [2.05, 4.69) is 32.9 Å². The first kappa shape index (κ1) is 18.2. The maximum atomic E-state index is 12.4. The van der Waals surface area contributed by atoms with Crippen LogP contribution in [0.15, 0.2) is 67.0 Å². The number of aromatic nitrogens is 1. The van der Waals surface area contributed by atoms with Gasteiger partial charge in [-0.25, -0.2) is 0 Å². The highest BCUT2D eigenvalue weighted by Gasteiger charge is 2.10. The van der Waals surface area contributed by atoms with Crippen molar-refractivity contribution in [2.24, 2.45) is 0 Å². The van der Waals surface area contributed by atoms with Crippen molar-refractivity contribution in [2.45, 2.75) is 6.61 Å². The lowest BCUT2D eigenvalue weighted by atomic mass is 10.2. The molecule has 5 nitrogen and oxygen atoms in total. The second kappa shape index (κ2) is 8.66. The van der Waals surface area contributed by atoms with Crippen LogP contribution >= 0.6 is 22.6 Å². The quantitative estimate of drug-likeness (QED) is 0.550. The Morgan fingerprint density at radius 3 is 2.62 bits per heavy atom. The summed E-state index contributed by atoms with van der Waals surface area (Å²) in [6, 6.07) is 16.5. The number of nitrogens with one attached hydrogen (secondary N) is 1. The second-order valence-corrected chi connectivity index (χ2v) is 6.72. The van der Waals surface area contributed by atoms with Crippen LogP contribution in [0.5, 0.6) is 11.5 Å². The van der Waals surface area contributed by atoms with E-state index in [0.29, 0.717) is 29.4 Å². The molecule has 1 N–H and O–H groups in total. The maximum absolute atomic E-state index is 12.4. The van der Waals surface area contributed by atoms with Gasteiger partial charge in [0.2, 0.25) is 0 Å². The number of carbonyl (C=O) groups is 1. The second-order valence-electron chi connectivity index (χ2n) is 5.48. The molecule has 0 spiro atoms. The number of halogens is 1. The fourth-order valence-electron chi connectivity index (χ4n) is 2.32. The van der Waals surface area contributed by atoms with Crippen LogP contribution in [-0.2, 0) is 6.61 Å². The van der Waals surface area contributed by atoms with Crippen molar-refractivity contribution in [1.29, 1.82) is 0 Å². The van der Waals surface area contributed by atoms with Gasteiger partial charge in [0.15, 0.2) is 11.5 Å². The molecule has 2 aromatic carbocycles. The summed E-state index contributed by atoms with van der Waals surface area (Å²) in [5, 5.41) is 2.88. The average molecular weight is 460 g/mol. The van der Waals surface area contributed by atoms with Crippen LogP contribution in [0.2, 0.25) is 0 Å². The van der Waals surface area contributed by atoms with Gasteiger partial charge in [-0.05, 0) is 65.1 Å². The summed E-state index contributed by atoms with van der Waals surface area (Å²) in [6.07, 6.45) is 3.46. The number of methoxy groups -OCH3 is 1. The summed E-state index contributed by atoms with van der Waals surface area (Å²) in [5.41, 5.74) is 2.18. The van der Waals surface area contributed by atoms with Gasteiger partial charge in [0, 0.05) is 38.8 Å². The Balaban J connectivity index is 1.74. The number of benzene rings is 2. The molecule has 0 bridgehead atoms. The van der Waals surface area contributed by atoms with E-state index in [4.69, 9.17) is 9.47 Å². The first-order valence-electron chi connectivity index (χ1n) is 7.92. The van der Waals surface area contributed by atoms with E-state index in [1.807, 2.05) is 24.3 Å². The third-order valence-corrected chi connectivity index (χ3v) is 4.36. The predicted molar refractivity (Wildman–Crippen MR) is 109 cm³/mol. The molecule has 0 atom stereocenters. The third-order valence-electron chi connectivity index (χ3n) is 3.65. The highest BCUT2D eigenvalue weighted by Crippen LogP contribution is 2.31. The molecule has 132 valence electrons. The monoisotopic (exact) mass is 460 g/mol. The van der Waals surface area contributed by atoms with Crippen molar-refractivity contribution in [3.63, 3.8) is 0 Å². The van der Waals surface area contributed by atoms with Gasteiger partial charge in [0.25, 0.3) is 5.91 Å². The van der Waals surface area contributed by atoms with Crippen LogP contribution in [-0.4, -0.2) is 18.0 Å². The zero-order chi connectivity index (χ0) is 18.4. The Hall–Kier alpha value is -2.61. The fraction of sp³-hybridized carbons (Fsp3) is 0.100. The van der Waals surface area contributed by atoms with Gasteiger partial charge >= 0.3 is 0 Å². The smallest absolute Gasteiger partial charge is 0.255 e. The Morgan fingerprint density at radius 1 is 1.12 bits per heavy atom. The molecule has 0 saturated heterocycles. The molecule has 0 aliphatic rings. The van der Waals surface area contributed by atoms with Gasteiger partial charge in [-0.1, -0.05) is 6.07 Å². The molecule has 0 aliphatic carbocycles. The topological polar surface area (TPSA) is 60.5 Å². The number of anilines is 1. The summed E-state index contributed by atoms with van der Waals surface area (Å²) < 4.78 is 12.3. The Bertz CT molecular complexity index is 883. The fourth-order valence-corrected chi connectivity index (χ4v) is 2.68. The number of ether oxygens (including phenoxy) is 2. The SMILES string of the molecule is COc1ccc(NC(=O)c2ccc(I)cc2)cc1OCc1cccnc1. The zero-order valence-corrected chi connectivity index (χ0v) is 16.3. The predicted octanol–water partition coefficient (Wildman–Crippen LogP) is 4.53. The number of hydrogen-bond donors (Lipinski definition) is 1. The number of amides is 1. The molecule has 0 fully saturated rings. The van der Waals surface area contributed by atoms with Crippen molar-refractivity contribution in [2.75, 3.05) is 12.4 Å². The Labute approximate surface area is 165 Å². The summed E-state index contributed by atoms with van der Waals surface area (Å²) in [4.78, 5) is 16.4. The lowest BCUT2D eigenvalue weighted by Gasteiger charge is -2.13. The van der Waals surface area contributed by atoms with Gasteiger partial charge < -0.3 is 14.8 Å². The molecule has 0 radical (unpaired) electrons. The number of nitrogens with zero attached hydrogens (tertiary/aromatic N) is 1. The molecule has 1 heterocycles. The molecular weight excluding hydrogens is 443 g/mol. The van der Waals surface area contributed by atoms with E-state index < -0.39 is 0 Å². The van der Waals surface area contributed by atoms with Crippen molar-refractivity contribution in [3.8, 4) is 11.5 Å². The van der Waals surface area contributed by atoms with Crippen LogP contribution in [0.4, 0.5) is 5.69 Å². The molecule has 0 unspecified atom stereocenters. The molecule has 26 heavy (non-hydrogen) atoms. The van der Waals surface area contributed by atoms with Crippen molar-refractivity contribution >= 4 is 34.2 Å². The highest BCUT2D eigenvalue weighted by molar-refractivity contribution is 14.1. The molecular formula is C20H17IN2O3. The highest BCUT2D eigenvalue weighted by atomic mass is 127. The first-order valence-corrected chi connectivity index (χ1v) is 9.00. The van der Waals surface area contributed by atoms with Crippen LogP contribution in [0.3, 0.4) is 0 Å². The van der Waals surface area contributed by atoms with E-state index in [0.717, 1.165) is 9.13 Å². The van der Waals surface area contributed by atoms with E-state index >= 15 is 0 Å².